The van der Waals surface area contributed by atoms with E-state index in [9.17, 15) is 4.79 Å². The third-order valence-corrected chi connectivity index (χ3v) is 2.82. The van der Waals surface area contributed by atoms with Gasteiger partial charge in [-0.2, -0.15) is 0 Å². The third kappa shape index (κ3) is 2.10. The molecule has 0 aromatic carbocycles. The Morgan fingerprint density at radius 3 is 2.53 bits per heavy atom. The molecule has 1 heterocycles. The second-order valence-electron chi connectivity index (χ2n) is 4.32. The number of hydrogen-bond donors (Lipinski definition) is 2. The minimum Gasteiger partial charge on any atom is -0.479 e. The van der Waals surface area contributed by atoms with Gasteiger partial charge in [0, 0.05) is 11.6 Å². The van der Waals surface area contributed by atoms with E-state index >= 15 is 0 Å². The van der Waals surface area contributed by atoms with E-state index in [-0.39, 0.29) is 11.5 Å². The zero-order valence-corrected chi connectivity index (χ0v) is 10.4. The molecule has 0 radical (unpaired) electrons. The van der Waals surface area contributed by atoms with E-state index in [0.29, 0.717) is 17.0 Å². The molecule has 2 aliphatic rings. The summed E-state index contributed by atoms with van der Waals surface area (Å²) in [6, 6.07) is 0. The summed E-state index contributed by atoms with van der Waals surface area (Å²) >= 11 is 3.77. The number of carbonyl (C=O) groups is 1. The van der Waals surface area contributed by atoms with Gasteiger partial charge in [-0.3, -0.25) is 10.2 Å². The van der Waals surface area contributed by atoms with Gasteiger partial charge in [0.05, 0.1) is 11.4 Å². The second-order valence-corrected chi connectivity index (χ2v) is 4.52. The molecule has 0 bridgehead atoms. The monoisotopic (exact) mass is 248 g/mol. The van der Waals surface area contributed by atoms with Crippen LogP contribution in [0.3, 0.4) is 0 Å². The van der Waals surface area contributed by atoms with Gasteiger partial charge in [0.2, 0.25) is 5.78 Å². The molecule has 4 nitrogen and oxygen atoms in total. The molecule has 0 saturated heterocycles. The number of nitrogens with zero attached hydrogens (tertiary/aromatic N) is 1. The van der Waals surface area contributed by atoms with Crippen molar-refractivity contribution in [1.82, 2.24) is 0 Å². The minimum absolute atomic E-state index is 0.0676. The first-order chi connectivity index (χ1) is 7.94. The Morgan fingerprint density at radius 1 is 1.35 bits per heavy atom. The summed E-state index contributed by atoms with van der Waals surface area (Å²) in [5.41, 5.74) is 0.625. The number of ketones is 1. The highest BCUT2D eigenvalue weighted by atomic mass is 32.1. The molecule has 1 aliphatic heterocycles. The predicted octanol–water partition coefficient (Wildman–Crippen LogP) is 2.05. The van der Waals surface area contributed by atoms with Crippen LogP contribution in [0.5, 0.6) is 0 Å². The Balaban J connectivity index is 2.29. The number of ether oxygens (including phenoxy) is 1. The molecule has 2 rings (SSSR count). The van der Waals surface area contributed by atoms with E-state index < -0.39 is 5.60 Å². The van der Waals surface area contributed by atoms with Crippen molar-refractivity contribution in [3.05, 3.63) is 35.6 Å². The van der Waals surface area contributed by atoms with Gasteiger partial charge >= 0.3 is 0 Å². The third-order valence-electron chi connectivity index (χ3n) is 2.61. The van der Waals surface area contributed by atoms with Gasteiger partial charge in [-0.05, 0) is 44.9 Å². The maximum absolute atomic E-state index is 11.6. The number of thiol groups is 1. The molecule has 0 unspecified atom stereocenters. The minimum atomic E-state index is -0.815. The van der Waals surface area contributed by atoms with Crippen molar-refractivity contribution in [1.29, 1.82) is 5.41 Å². The highest BCUT2D eigenvalue weighted by molar-refractivity contribution is 7.79. The Kier molecular flexibility index (Phi) is 2.79. The van der Waals surface area contributed by atoms with Crippen molar-refractivity contribution in [3.63, 3.8) is 0 Å². The molecule has 88 valence electrons. The molecule has 0 aromatic heterocycles. The number of allylic oxidation sites excluding steroid dienone is 3. The van der Waals surface area contributed by atoms with Crippen LogP contribution in [0.1, 0.15) is 13.8 Å². The van der Waals surface area contributed by atoms with Crippen LogP contribution in [-0.4, -0.2) is 22.8 Å². The lowest BCUT2D eigenvalue weighted by Crippen LogP contribution is -2.28. The lowest BCUT2D eigenvalue weighted by atomic mass is 10.0. The lowest BCUT2D eigenvalue weighted by Gasteiger charge is -2.19. The Bertz CT molecular complexity index is 525. The van der Waals surface area contributed by atoms with E-state index in [1.165, 1.54) is 6.08 Å². The predicted molar refractivity (Wildman–Crippen MR) is 69.6 cm³/mol. The summed E-state index contributed by atoms with van der Waals surface area (Å²) in [6.07, 6.45) is 6.50. The summed E-state index contributed by atoms with van der Waals surface area (Å²) in [5.74, 6) is 0.432. The van der Waals surface area contributed by atoms with E-state index in [2.05, 4.69) is 17.2 Å². The molecular formula is C12H12N2O2S. The van der Waals surface area contributed by atoms with Gasteiger partial charge in [0.1, 0.15) is 5.76 Å². The molecule has 0 saturated carbocycles. The zero-order chi connectivity index (χ0) is 12.6. The molecule has 1 aliphatic carbocycles. The van der Waals surface area contributed by atoms with Crippen LogP contribution >= 0.6 is 12.8 Å². The summed E-state index contributed by atoms with van der Waals surface area (Å²) in [4.78, 5) is 11.6. The SMILES string of the molecule is CC1(C)OC(C2=CC(=N)/C(=N\S)C=C2)=CC1=O. The molecule has 0 fully saturated rings. The summed E-state index contributed by atoms with van der Waals surface area (Å²) in [6.45, 7) is 3.44. The summed E-state index contributed by atoms with van der Waals surface area (Å²) < 4.78 is 9.22. The molecule has 5 heteroatoms. The molecule has 0 amide bonds. The van der Waals surface area contributed by atoms with Gasteiger partial charge in [-0.15, -0.1) is 0 Å². The van der Waals surface area contributed by atoms with E-state index in [0.717, 1.165) is 0 Å². The van der Waals surface area contributed by atoms with Crippen molar-refractivity contribution in [2.24, 2.45) is 4.40 Å². The Hall–Kier alpha value is -1.62. The first-order valence-electron chi connectivity index (χ1n) is 5.10. The van der Waals surface area contributed by atoms with Gasteiger partial charge in [-0.25, -0.2) is 4.40 Å². The summed E-state index contributed by atoms with van der Waals surface area (Å²) in [5, 5.41) is 7.71. The standard InChI is InChI=1S/C12H12N2O2S/c1-12(2)11(15)6-10(16-12)7-3-4-9(14-17)8(13)5-7/h3-6,13,17H,1-2H3/b13-8?,14-9-. The average Bonchev–Trinajstić information content (AvgIpc) is 2.53. The van der Waals surface area contributed by atoms with Crippen molar-refractivity contribution in [2.75, 3.05) is 0 Å². The maximum Gasteiger partial charge on any atom is 0.202 e. The smallest absolute Gasteiger partial charge is 0.202 e. The van der Waals surface area contributed by atoms with Gasteiger partial charge in [0.15, 0.2) is 5.60 Å². The maximum atomic E-state index is 11.6. The second kappa shape index (κ2) is 4.00. The van der Waals surface area contributed by atoms with Gasteiger partial charge in [0.25, 0.3) is 0 Å². The number of hydrogen-bond acceptors (Lipinski definition) is 5. The quantitative estimate of drug-likeness (QED) is 0.551. The fourth-order valence-corrected chi connectivity index (χ4v) is 1.74. The number of rotatable bonds is 1. The first-order valence-corrected chi connectivity index (χ1v) is 5.50. The first kappa shape index (κ1) is 11.9. The van der Waals surface area contributed by atoms with E-state index in [1.807, 2.05) is 0 Å². The molecule has 0 spiro atoms. The van der Waals surface area contributed by atoms with Crippen molar-refractivity contribution >= 4 is 30.0 Å². The normalized spacial score (nSPS) is 24.8. The van der Waals surface area contributed by atoms with Crippen LogP contribution in [0.15, 0.2) is 40.0 Å². The Labute approximate surface area is 105 Å². The molecule has 1 N–H and O–H groups in total. The fourth-order valence-electron chi connectivity index (χ4n) is 1.57. The average molecular weight is 248 g/mol. The highest BCUT2D eigenvalue weighted by Crippen LogP contribution is 2.30. The molecule has 17 heavy (non-hydrogen) atoms. The van der Waals surface area contributed by atoms with E-state index in [1.54, 1.807) is 32.1 Å². The number of nitrogens with one attached hydrogen (secondary N) is 1. The van der Waals surface area contributed by atoms with Crippen LogP contribution in [0.25, 0.3) is 0 Å². The van der Waals surface area contributed by atoms with Crippen molar-refractivity contribution in [2.45, 2.75) is 19.4 Å². The van der Waals surface area contributed by atoms with Gasteiger partial charge < -0.3 is 4.74 Å². The van der Waals surface area contributed by atoms with Crippen LogP contribution < -0.4 is 0 Å². The molecular weight excluding hydrogens is 236 g/mol. The van der Waals surface area contributed by atoms with Crippen molar-refractivity contribution in [3.8, 4) is 0 Å². The fraction of sp³-hybridized carbons (Fsp3) is 0.250. The van der Waals surface area contributed by atoms with Crippen molar-refractivity contribution < 1.29 is 9.53 Å². The Morgan fingerprint density at radius 2 is 2.06 bits per heavy atom. The van der Waals surface area contributed by atoms with Crippen LogP contribution in [0.4, 0.5) is 0 Å². The zero-order valence-electron chi connectivity index (χ0n) is 9.52. The van der Waals surface area contributed by atoms with Crippen LogP contribution in [0.2, 0.25) is 0 Å². The molecule has 0 atom stereocenters. The largest absolute Gasteiger partial charge is 0.479 e. The highest BCUT2D eigenvalue weighted by Gasteiger charge is 2.36. The summed E-state index contributed by atoms with van der Waals surface area (Å²) in [7, 11) is 0. The van der Waals surface area contributed by atoms with Crippen LogP contribution in [-0.2, 0) is 9.53 Å². The topological polar surface area (TPSA) is 62.5 Å². The number of carbonyl (C=O) groups excluding carboxylic acids is 1. The van der Waals surface area contributed by atoms with Gasteiger partial charge in [-0.1, -0.05) is 0 Å². The van der Waals surface area contributed by atoms with E-state index in [4.69, 9.17) is 10.1 Å². The van der Waals surface area contributed by atoms with Crippen LogP contribution in [0, 0.1) is 5.41 Å². The molecule has 0 aromatic rings. The lowest BCUT2D eigenvalue weighted by molar-refractivity contribution is -0.126.